The summed E-state index contributed by atoms with van der Waals surface area (Å²) in [4.78, 5) is 1.42. The van der Waals surface area contributed by atoms with Gasteiger partial charge in [-0.3, -0.25) is 4.68 Å². The summed E-state index contributed by atoms with van der Waals surface area (Å²) in [6, 6.07) is 2.63. The topological polar surface area (TPSA) is 29.9 Å². The van der Waals surface area contributed by atoms with Crippen molar-refractivity contribution >= 4 is 27.3 Å². The predicted molar refractivity (Wildman–Crippen MR) is 89.6 cm³/mol. The van der Waals surface area contributed by atoms with Crippen molar-refractivity contribution in [2.24, 2.45) is 7.05 Å². The van der Waals surface area contributed by atoms with Crippen molar-refractivity contribution in [3.8, 4) is 0 Å². The van der Waals surface area contributed by atoms with Gasteiger partial charge in [-0.05, 0) is 73.1 Å². The van der Waals surface area contributed by atoms with Crippen molar-refractivity contribution in [1.29, 1.82) is 0 Å². The fourth-order valence-corrected chi connectivity index (χ4v) is 4.14. The van der Waals surface area contributed by atoms with Crippen LogP contribution in [0.2, 0.25) is 0 Å². The lowest BCUT2D eigenvalue weighted by molar-refractivity contribution is 0.521. The third-order valence-electron chi connectivity index (χ3n) is 3.93. The number of halogens is 1. The van der Waals surface area contributed by atoms with Crippen LogP contribution in [0.3, 0.4) is 0 Å². The Morgan fingerprint density at radius 3 is 2.70 bits per heavy atom. The Hall–Kier alpha value is -0.650. The van der Waals surface area contributed by atoms with E-state index in [1.807, 2.05) is 23.1 Å². The molecule has 0 aliphatic rings. The SMILES string of the molecule is CNC(CCc1c(C)nn(C)c1C)Cc1sccc1Br. The number of nitrogens with zero attached hydrogens (tertiary/aromatic N) is 2. The highest BCUT2D eigenvalue weighted by Crippen LogP contribution is 2.25. The van der Waals surface area contributed by atoms with Gasteiger partial charge in [-0.1, -0.05) is 0 Å². The van der Waals surface area contributed by atoms with Crippen LogP contribution in [-0.2, 0) is 19.9 Å². The fourth-order valence-electron chi connectivity index (χ4n) is 2.54. The molecular formula is C15H22BrN3S. The fraction of sp³-hybridized carbons (Fsp3) is 0.533. The second-order valence-electron chi connectivity index (χ2n) is 5.19. The van der Waals surface area contributed by atoms with Crippen LogP contribution in [0, 0.1) is 13.8 Å². The van der Waals surface area contributed by atoms with Crippen molar-refractivity contribution in [3.63, 3.8) is 0 Å². The van der Waals surface area contributed by atoms with E-state index in [1.165, 1.54) is 20.6 Å². The molecule has 0 spiro atoms. The van der Waals surface area contributed by atoms with E-state index < -0.39 is 0 Å². The lowest BCUT2D eigenvalue weighted by Gasteiger charge is -2.15. The molecule has 0 fully saturated rings. The van der Waals surface area contributed by atoms with E-state index >= 15 is 0 Å². The first kappa shape index (κ1) is 15.7. The molecule has 0 saturated heterocycles. The van der Waals surface area contributed by atoms with E-state index in [4.69, 9.17) is 0 Å². The van der Waals surface area contributed by atoms with Crippen molar-refractivity contribution in [2.45, 2.75) is 39.2 Å². The molecule has 2 aromatic heterocycles. The number of nitrogens with one attached hydrogen (secondary N) is 1. The molecule has 1 N–H and O–H groups in total. The molecule has 0 aliphatic heterocycles. The number of rotatable bonds is 6. The van der Waals surface area contributed by atoms with Gasteiger partial charge in [0.25, 0.3) is 0 Å². The molecule has 3 nitrogen and oxygen atoms in total. The van der Waals surface area contributed by atoms with Crippen molar-refractivity contribution in [3.05, 3.63) is 37.7 Å². The van der Waals surface area contributed by atoms with Crippen molar-refractivity contribution in [2.75, 3.05) is 7.05 Å². The quantitative estimate of drug-likeness (QED) is 0.857. The normalized spacial score (nSPS) is 12.8. The standard InChI is InChI=1S/C15H22BrN3S/c1-10-13(11(2)19(4)18-10)6-5-12(17-3)9-15-14(16)7-8-20-15/h7-8,12,17H,5-6,9H2,1-4H3. The number of hydrogen-bond acceptors (Lipinski definition) is 3. The summed E-state index contributed by atoms with van der Waals surface area (Å²) in [5.41, 5.74) is 3.85. The average molecular weight is 356 g/mol. The van der Waals surface area contributed by atoms with Crippen LogP contribution in [0.1, 0.15) is 28.2 Å². The van der Waals surface area contributed by atoms with Gasteiger partial charge in [-0.25, -0.2) is 0 Å². The Morgan fingerprint density at radius 2 is 2.20 bits per heavy atom. The molecule has 0 bridgehead atoms. The molecule has 1 atom stereocenters. The van der Waals surface area contributed by atoms with Gasteiger partial charge in [0, 0.05) is 28.1 Å². The Labute approximate surface area is 133 Å². The Morgan fingerprint density at radius 1 is 1.45 bits per heavy atom. The summed E-state index contributed by atoms with van der Waals surface area (Å²) >= 11 is 5.44. The minimum atomic E-state index is 0.504. The van der Waals surface area contributed by atoms with E-state index in [-0.39, 0.29) is 0 Å². The average Bonchev–Trinajstić information content (AvgIpc) is 2.91. The molecule has 0 saturated carbocycles. The molecule has 110 valence electrons. The van der Waals surface area contributed by atoms with Crippen LogP contribution >= 0.6 is 27.3 Å². The lowest BCUT2D eigenvalue weighted by atomic mass is 10.0. The zero-order chi connectivity index (χ0) is 14.7. The van der Waals surface area contributed by atoms with Crippen LogP contribution in [0.5, 0.6) is 0 Å². The zero-order valence-corrected chi connectivity index (χ0v) is 14.9. The minimum Gasteiger partial charge on any atom is -0.317 e. The first-order valence-electron chi connectivity index (χ1n) is 6.91. The van der Waals surface area contributed by atoms with E-state index in [2.05, 4.69) is 58.7 Å². The van der Waals surface area contributed by atoms with Gasteiger partial charge in [0.1, 0.15) is 0 Å². The van der Waals surface area contributed by atoms with Crippen molar-refractivity contribution in [1.82, 2.24) is 15.1 Å². The van der Waals surface area contributed by atoms with E-state index in [9.17, 15) is 0 Å². The third-order valence-corrected chi connectivity index (χ3v) is 5.88. The number of aromatic nitrogens is 2. The summed E-state index contributed by atoms with van der Waals surface area (Å²) in [6.45, 7) is 4.26. The van der Waals surface area contributed by atoms with Gasteiger partial charge < -0.3 is 5.32 Å². The van der Waals surface area contributed by atoms with Crippen LogP contribution in [0.15, 0.2) is 15.9 Å². The molecule has 2 heterocycles. The maximum atomic E-state index is 4.50. The highest BCUT2D eigenvalue weighted by molar-refractivity contribution is 9.10. The smallest absolute Gasteiger partial charge is 0.0628 e. The first-order valence-corrected chi connectivity index (χ1v) is 8.58. The van der Waals surface area contributed by atoms with Gasteiger partial charge >= 0.3 is 0 Å². The number of thiophene rings is 1. The minimum absolute atomic E-state index is 0.504. The molecule has 2 rings (SSSR count). The largest absolute Gasteiger partial charge is 0.317 e. The highest BCUT2D eigenvalue weighted by atomic mass is 79.9. The molecule has 1 unspecified atom stereocenters. The van der Waals surface area contributed by atoms with Crippen LogP contribution in [-0.4, -0.2) is 22.9 Å². The van der Waals surface area contributed by atoms with Gasteiger partial charge in [0.2, 0.25) is 0 Å². The second-order valence-corrected chi connectivity index (χ2v) is 7.05. The molecule has 0 aromatic carbocycles. The summed E-state index contributed by atoms with van der Waals surface area (Å²) < 4.78 is 3.21. The van der Waals surface area contributed by atoms with Gasteiger partial charge in [-0.2, -0.15) is 5.10 Å². The Kier molecular flexibility index (Phi) is 5.41. The molecular weight excluding hydrogens is 334 g/mol. The highest BCUT2D eigenvalue weighted by Gasteiger charge is 2.14. The second kappa shape index (κ2) is 6.87. The molecule has 20 heavy (non-hydrogen) atoms. The number of hydrogen-bond donors (Lipinski definition) is 1. The van der Waals surface area contributed by atoms with Gasteiger partial charge in [-0.15, -0.1) is 11.3 Å². The summed E-state index contributed by atoms with van der Waals surface area (Å²) in [5, 5.41) is 10.1. The molecule has 0 amide bonds. The van der Waals surface area contributed by atoms with Crippen LogP contribution in [0.25, 0.3) is 0 Å². The molecule has 0 radical (unpaired) electrons. The van der Waals surface area contributed by atoms with E-state index in [0.29, 0.717) is 6.04 Å². The molecule has 5 heteroatoms. The van der Waals surface area contributed by atoms with Crippen LogP contribution < -0.4 is 5.32 Å². The van der Waals surface area contributed by atoms with Gasteiger partial charge in [0.15, 0.2) is 0 Å². The maximum Gasteiger partial charge on any atom is 0.0628 e. The lowest BCUT2D eigenvalue weighted by Crippen LogP contribution is -2.28. The van der Waals surface area contributed by atoms with Crippen molar-refractivity contribution < 1.29 is 0 Å². The van der Waals surface area contributed by atoms with Crippen LogP contribution in [0.4, 0.5) is 0 Å². The molecule has 0 aliphatic carbocycles. The predicted octanol–water partition coefficient (Wildman–Crippen LogP) is 3.62. The summed E-state index contributed by atoms with van der Waals surface area (Å²) in [7, 11) is 4.07. The van der Waals surface area contributed by atoms with Gasteiger partial charge in [0.05, 0.1) is 5.69 Å². The van der Waals surface area contributed by atoms with E-state index in [1.54, 1.807) is 0 Å². The zero-order valence-electron chi connectivity index (χ0n) is 12.5. The number of aryl methyl sites for hydroxylation is 2. The first-order chi connectivity index (χ1) is 9.52. The Bertz CT molecular complexity index is 574. The molecule has 2 aromatic rings. The summed E-state index contributed by atoms with van der Waals surface area (Å²) in [5.74, 6) is 0. The number of likely N-dealkylation sites (N-methyl/N-ethyl adjacent to an activating group) is 1. The third kappa shape index (κ3) is 3.51. The maximum absolute atomic E-state index is 4.50. The monoisotopic (exact) mass is 355 g/mol. The van der Waals surface area contributed by atoms with E-state index in [0.717, 1.165) is 25.0 Å². The Balaban J connectivity index is 1.99. The summed E-state index contributed by atoms with van der Waals surface area (Å²) in [6.07, 6.45) is 3.29.